The van der Waals surface area contributed by atoms with Gasteiger partial charge in [0.25, 0.3) is 0 Å². The first-order valence-electron chi connectivity index (χ1n) is 9.93. The third kappa shape index (κ3) is 8.22. The lowest BCUT2D eigenvalue weighted by Crippen LogP contribution is -2.25. The SMILES string of the molecule is CCCCCCCCOc1ccc(C(C)(C)CC(C)(C)C)cc1S(=O)[O-]. The minimum atomic E-state index is -2.30. The normalized spacial score (nSPS) is 13.7. The predicted molar refractivity (Wildman–Crippen MR) is 110 cm³/mol. The van der Waals surface area contributed by atoms with Crippen LogP contribution in [0.2, 0.25) is 0 Å². The van der Waals surface area contributed by atoms with Crippen molar-refractivity contribution in [3.8, 4) is 5.75 Å². The molecule has 4 heteroatoms. The number of rotatable bonds is 11. The Hall–Kier alpha value is -0.870. The largest absolute Gasteiger partial charge is 0.768 e. The van der Waals surface area contributed by atoms with E-state index in [1.807, 2.05) is 12.1 Å². The maximum Gasteiger partial charge on any atom is 0.134 e. The van der Waals surface area contributed by atoms with Crippen molar-refractivity contribution in [2.24, 2.45) is 5.41 Å². The fraction of sp³-hybridized carbons (Fsp3) is 0.727. The molecule has 0 radical (unpaired) electrons. The van der Waals surface area contributed by atoms with Crippen LogP contribution >= 0.6 is 0 Å². The third-order valence-corrected chi connectivity index (χ3v) is 5.31. The number of unbranched alkanes of at least 4 members (excludes halogenated alkanes) is 5. The van der Waals surface area contributed by atoms with E-state index >= 15 is 0 Å². The Kier molecular flexibility index (Phi) is 9.32. The first-order chi connectivity index (χ1) is 12.1. The number of benzene rings is 1. The Morgan fingerprint density at radius 2 is 1.62 bits per heavy atom. The van der Waals surface area contributed by atoms with Gasteiger partial charge in [-0.1, -0.05) is 79.7 Å². The molecule has 0 aromatic heterocycles. The van der Waals surface area contributed by atoms with E-state index in [2.05, 4.69) is 41.5 Å². The molecule has 1 unspecified atom stereocenters. The number of ether oxygens (including phenoxy) is 1. The zero-order valence-electron chi connectivity index (χ0n) is 17.5. The van der Waals surface area contributed by atoms with Crippen LogP contribution in [0.1, 0.15) is 92.1 Å². The Bertz CT molecular complexity index is 573. The van der Waals surface area contributed by atoms with Gasteiger partial charge in [0.2, 0.25) is 0 Å². The van der Waals surface area contributed by atoms with Gasteiger partial charge in [-0.15, -0.1) is 0 Å². The lowest BCUT2D eigenvalue weighted by atomic mass is 9.72. The summed E-state index contributed by atoms with van der Waals surface area (Å²) in [5.74, 6) is 0.474. The van der Waals surface area contributed by atoms with Gasteiger partial charge >= 0.3 is 0 Å². The Morgan fingerprint density at radius 3 is 2.19 bits per heavy atom. The smallest absolute Gasteiger partial charge is 0.134 e. The highest BCUT2D eigenvalue weighted by molar-refractivity contribution is 7.79. The topological polar surface area (TPSA) is 49.4 Å². The molecule has 0 bridgehead atoms. The fourth-order valence-corrected chi connectivity index (χ4v) is 4.19. The van der Waals surface area contributed by atoms with E-state index in [0.717, 1.165) is 24.8 Å². The molecule has 1 atom stereocenters. The fourth-order valence-electron chi connectivity index (χ4n) is 3.67. The molecule has 0 heterocycles. The van der Waals surface area contributed by atoms with E-state index in [4.69, 9.17) is 4.74 Å². The minimum absolute atomic E-state index is 0.0931. The van der Waals surface area contributed by atoms with Crippen molar-refractivity contribution in [1.82, 2.24) is 0 Å². The Labute approximate surface area is 163 Å². The first-order valence-corrected chi connectivity index (χ1v) is 11.0. The van der Waals surface area contributed by atoms with Crippen LogP contribution in [0.15, 0.2) is 23.1 Å². The molecule has 0 spiro atoms. The lowest BCUT2D eigenvalue weighted by Gasteiger charge is -2.33. The summed E-state index contributed by atoms with van der Waals surface area (Å²) >= 11 is -2.30. The summed E-state index contributed by atoms with van der Waals surface area (Å²) < 4.78 is 29.2. The molecule has 0 fully saturated rings. The van der Waals surface area contributed by atoms with E-state index in [1.165, 1.54) is 25.7 Å². The maximum atomic E-state index is 11.7. The van der Waals surface area contributed by atoms with Gasteiger partial charge in [0.05, 0.1) is 11.5 Å². The summed E-state index contributed by atoms with van der Waals surface area (Å²) in [7, 11) is 0. The van der Waals surface area contributed by atoms with Gasteiger partial charge in [0, 0.05) is 0 Å². The maximum absolute atomic E-state index is 11.7. The van der Waals surface area contributed by atoms with Gasteiger partial charge < -0.3 is 9.29 Å². The Morgan fingerprint density at radius 1 is 1.00 bits per heavy atom. The second-order valence-corrected chi connectivity index (χ2v) is 10.0. The average molecular weight is 382 g/mol. The van der Waals surface area contributed by atoms with Crippen LogP contribution in [0.3, 0.4) is 0 Å². The second-order valence-electron chi connectivity index (χ2n) is 9.13. The quantitative estimate of drug-likeness (QED) is 0.330. The zero-order valence-corrected chi connectivity index (χ0v) is 18.3. The standard InChI is InChI=1S/C22H38O3S/c1-7-8-9-10-11-12-15-25-19-14-13-18(16-20(19)26(23)24)22(5,6)17-21(2,3)4/h13-14,16H,7-12,15,17H2,1-6H3,(H,23,24)/p-1. The van der Waals surface area contributed by atoms with Crippen LogP contribution in [0.25, 0.3) is 0 Å². The zero-order chi connectivity index (χ0) is 19.8. The summed E-state index contributed by atoms with van der Waals surface area (Å²) in [6.45, 7) is 13.7. The molecule has 0 aliphatic heterocycles. The van der Waals surface area contributed by atoms with Crippen molar-refractivity contribution in [3.05, 3.63) is 23.8 Å². The van der Waals surface area contributed by atoms with E-state index in [-0.39, 0.29) is 15.7 Å². The second kappa shape index (κ2) is 10.5. The summed E-state index contributed by atoms with van der Waals surface area (Å²) in [6.07, 6.45) is 8.09. The van der Waals surface area contributed by atoms with Crippen molar-refractivity contribution in [3.63, 3.8) is 0 Å². The molecule has 0 saturated carbocycles. The van der Waals surface area contributed by atoms with Crippen molar-refractivity contribution in [1.29, 1.82) is 0 Å². The van der Waals surface area contributed by atoms with Crippen molar-refractivity contribution in [2.75, 3.05) is 6.61 Å². The van der Waals surface area contributed by atoms with Gasteiger partial charge in [0.1, 0.15) is 5.75 Å². The molecule has 0 saturated heterocycles. The molecule has 1 rings (SSSR count). The van der Waals surface area contributed by atoms with Gasteiger partial charge in [-0.3, -0.25) is 4.21 Å². The van der Waals surface area contributed by atoms with Gasteiger partial charge in [-0.05, 0) is 52.4 Å². The molecule has 0 N–H and O–H groups in total. The van der Waals surface area contributed by atoms with Gasteiger partial charge in [0.15, 0.2) is 0 Å². The molecule has 3 nitrogen and oxygen atoms in total. The number of hydrogen-bond acceptors (Lipinski definition) is 3. The minimum Gasteiger partial charge on any atom is -0.768 e. The van der Waals surface area contributed by atoms with Crippen LogP contribution in [0.5, 0.6) is 5.75 Å². The van der Waals surface area contributed by atoms with Gasteiger partial charge in [-0.25, -0.2) is 0 Å². The van der Waals surface area contributed by atoms with Crippen molar-refractivity contribution < 1.29 is 13.5 Å². The molecule has 1 aromatic carbocycles. The van der Waals surface area contributed by atoms with Crippen molar-refractivity contribution in [2.45, 2.75) is 96.8 Å². The summed E-state index contributed by atoms with van der Waals surface area (Å²) in [5, 5.41) is 0. The van der Waals surface area contributed by atoms with E-state index in [0.29, 0.717) is 12.4 Å². The average Bonchev–Trinajstić information content (AvgIpc) is 2.51. The van der Waals surface area contributed by atoms with Crippen LogP contribution in [0, 0.1) is 5.41 Å². The highest BCUT2D eigenvalue weighted by Crippen LogP contribution is 2.38. The van der Waals surface area contributed by atoms with E-state index < -0.39 is 11.1 Å². The third-order valence-electron chi connectivity index (χ3n) is 4.63. The summed E-state index contributed by atoms with van der Waals surface area (Å²) in [5.41, 5.74) is 1.12. The molecule has 1 aromatic rings. The first kappa shape index (κ1) is 23.2. The summed E-state index contributed by atoms with van der Waals surface area (Å²) in [6, 6.07) is 5.62. The summed E-state index contributed by atoms with van der Waals surface area (Å²) in [4.78, 5) is 0.274. The van der Waals surface area contributed by atoms with Crippen LogP contribution in [-0.2, 0) is 16.5 Å². The molecule has 150 valence electrons. The van der Waals surface area contributed by atoms with E-state index in [1.54, 1.807) is 6.07 Å². The molecule has 26 heavy (non-hydrogen) atoms. The molecule has 0 aliphatic rings. The molecule has 0 amide bonds. The molecular formula is C22H37O3S-. The van der Waals surface area contributed by atoms with Crippen LogP contribution in [0.4, 0.5) is 0 Å². The van der Waals surface area contributed by atoms with Crippen LogP contribution < -0.4 is 4.74 Å². The van der Waals surface area contributed by atoms with Gasteiger partial charge in [-0.2, -0.15) is 0 Å². The highest BCUT2D eigenvalue weighted by Gasteiger charge is 2.28. The Balaban J connectivity index is 2.75. The number of hydrogen-bond donors (Lipinski definition) is 0. The highest BCUT2D eigenvalue weighted by atomic mass is 32.2. The van der Waals surface area contributed by atoms with Crippen LogP contribution in [-0.4, -0.2) is 15.4 Å². The monoisotopic (exact) mass is 381 g/mol. The van der Waals surface area contributed by atoms with Crippen molar-refractivity contribution >= 4 is 11.1 Å². The lowest BCUT2D eigenvalue weighted by molar-refractivity contribution is 0.281. The predicted octanol–water partition coefficient (Wildman–Crippen LogP) is 6.38. The van der Waals surface area contributed by atoms with E-state index in [9.17, 15) is 8.76 Å². The molecular weight excluding hydrogens is 344 g/mol. The molecule has 0 aliphatic carbocycles.